The van der Waals surface area contributed by atoms with Gasteiger partial charge < -0.3 is 0 Å². The number of Topliss-reactive ketones (excluding diaryl/α,β-unsaturated/α-hetero) is 3. The molecule has 5 heteroatoms. The van der Waals surface area contributed by atoms with Crippen molar-refractivity contribution in [2.24, 2.45) is 0 Å². The van der Waals surface area contributed by atoms with Crippen LogP contribution in [0.15, 0.2) is 28.0 Å². The highest BCUT2D eigenvalue weighted by atomic mass is 32.2. The van der Waals surface area contributed by atoms with Gasteiger partial charge in [-0.3, -0.25) is 14.4 Å². The van der Waals surface area contributed by atoms with E-state index in [4.69, 9.17) is 0 Å². The minimum Gasteiger partial charge on any atom is -0.288 e. The van der Waals surface area contributed by atoms with Crippen LogP contribution >= 0.6 is 23.5 Å². The second-order valence-corrected chi connectivity index (χ2v) is 7.78. The molecule has 21 heavy (non-hydrogen) atoms. The van der Waals surface area contributed by atoms with Crippen molar-refractivity contribution in [3.8, 4) is 0 Å². The minimum absolute atomic E-state index is 0.0808. The highest BCUT2D eigenvalue weighted by molar-refractivity contribution is 8.25. The molecule has 0 N–H and O–H groups in total. The standard InChI is InChI=1S/C16H14O3S2/c1-8(2)9-3-4-10-11(7-9)14(18)15(19)12(13(10)17)16-20-5-6-21-16/h3-4,7-8H,5-6H2,1-2H3. The van der Waals surface area contributed by atoms with Gasteiger partial charge in [0.2, 0.25) is 11.6 Å². The summed E-state index contributed by atoms with van der Waals surface area (Å²) in [6.45, 7) is 4.02. The summed E-state index contributed by atoms with van der Waals surface area (Å²) in [6, 6.07) is 5.23. The number of carbonyl (C=O) groups is 3. The minimum atomic E-state index is -0.648. The molecule has 1 aromatic rings. The van der Waals surface area contributed by atoms with E-state index < -0.39 is 11.6 Å². The molecule has 0 aromatic heterocycles. The zero-order valence-electron chi connectivity index (χ0n) is 11.8. The molecule has 0 spiro atoms. The summed E-state index contributed by atoms with van der Waals surface area (Å²) >= 11 is 2.98. The van der Waals surface area contributed by atoms with Crippen molar-refractivity contribution in [1.29, 1.82) is 0 Å². The Hall–Kier alpha value is -1.33. The summed E-state index contributed by atoms with van der Waals surface area (Å²) < 4.78 is 0.705. The Labute approximate surface area is 131 Å². The number of hydrogen-bond donors (Lipinski definition) is 0. The third-order valence-corrected chi connectivity index (χ3v) is 6.33. The predicted octanol–water partition coefficient (Wildman–Crippen LogP) is 3.45. The molecule has 0 saturated carbocycles. The average Bonchev–Trinajstić information content (AvgIpc) is 2.98. The van der Waals surface area contributed by atoms with Crippen LogP contribution < -0.4 is 0 Å². The van der Waals surface area contributed by atoms with Crippen LogP contribution in [-0.2, 0) is 4.79 Å². The van der Waals surface area contributed by atoms with Crippen LogP contribution in [0.25, 0.3) is 0 Å². The van der Waals surface area contributed by atoms with Crippen LogP contribution in [-0.4, -0.2) is 28.9 Å². The molecule has 0 atom stereocenters. The maximum absolute atomic E-state index is 12.6. The van der Waals surface area contributed by atoms with Gasteiger partial charge in [0.1, 0.15) is 0 Å². The van der Waals surface area contributed by atoms with Crippen molar-refractivity contribution in [2.75, 3.05) is 11.5 Å². The summed E-state index contributed by atoms with van der Waals surface area (Å²) in [5.74, 6) is 0.484. The topological polar surface area (TPSA) is 51.2 Å². The molecule has 3 nitrogen and oxygen atoms in total. The summed E-state index contributed by atoms with van der Waals surface area (Å²) in [5.41, 5.74) is 1.66. The van der Waals surface area contributed by atoms with Gasteiger partial charge in [0.05, 0.1) is 9.81 Å². The van der Waals surface area contributed by atoms with Gasteiger partial charge in [0, 0.05) is 22.6 Å². The number of fused-ring (bicyclic) bond motifs is 1. The van der Waals surface area contributed by atoms with Crippen LogP contribution in [0.2, 0.25) is 0 Å². The van der Waals surface area contributed by atoms with Crippen molar-refractivity contribution < 1.29 is 14.4 Å². The van der Waals surface area contributed by atoms with E-state index in [1.807, 2.05) is 19.9 Å². The van der Waals surface area contributed by atoms with Gasteiger partial charge in [-0.1, -0.05) is 26.0 Å². The van der Waals surface area contributed by atoms with Crippen LogP contribution in [0, 0.1) is 0 Å². The third-order valence-electron chi connectivity index (χ3n) is 3.61. The number of ketones is 3. The third kappa shape index (κ3) is 2.38. The fourth-order valence-electron chi connectivity index (χ4n) is 2.42. The quantitative estimate of drug-likeness (QED) is 0.451. The van der Waals surface area contributed by atoms with Crippen molar-refractivity contribution in [3.05, 3.63) is 44.7 Å². The lowest BCUT2D eigenvalue weighted by Gasteiger charge is -2.18. The lowest BCUT2D eigenvalue weighted by Crippen LogP contribution is -2.30. The number of carbonyl (C=O) groups excluding carboxylic acids is 3. The van der Waals surface area contributed by atoms with Gasteiger partial charge in [-0.05, 0) is 17.5 Å². The second kappa shape index (κ2) is 5.46. The molecule has 0 amide bonds. The number of allylic oxidation sites excluding steroid dienone is 1. The lowest BCUT2D eigenvalue weighted by molar-refractivity contribution is -0.111. The largest absolute Gasteiger partial charge is 0.288 e. The molecular formula is C16H14O3S2. The van der Waals surface area contributed by atoms with Crippen molar-refractivity contribution in [3.63, 3.8) is 0 Å². The molecule has 1 aliphatic heterocycles. The van der Waals surface area contributed by atoms with E-state index in [1.54, 1.807) is 12.1 Å². The van der Waals surface area contributed by atoms with E-state index >= 15 is 0 Å². The Balaban J connectivity index is 2.16. The summed E-state index contributed by atoms with van der Waals surface area (Å²) in [4.78, 5) is 37.2. The molecule has 2 aliphatic rings. The zero-order valence-corrected chi connectivity index (χ0v) is 13.4. The first kappa shape index (κ1) is 14.6. The van der Waals surface area contributed by atoms with Crippen LogP contribution in [0.3, 0.4) is 0 Å². The molecule has 1 aliphatic carbocycles. The Kier molecular flexibility index (Phi) is 3.80. The molecule has 0 radical (unpaired) electrons. The number of rotatable bonds is 1. The number of thioether (sulfide) groups is 2. The smallest absolute Gasteiger partial charge is 0.239 e. The Morgan fingerprint density at radius 3 is 2.19 bits per heavy atom. The first-order valence-corrected chi connectivity index (χ1v) is 8.75. The molecule has 0 unspecified atom stereocenters. The second-order valence-electron chi connectivity index (χ2n) is 5.31. The van der Waals surface area contributed by atoms with Gasteiger partial charge >= 0.3 is 0 Å². The van der Waals surface area contributed by atoms with Crippen molar-refractivity contribution >= 4 is 40.9 Å². The van der Waals surface area contributed by atoms with Gasteiger partial charge in [-0.15, -0.1) is 23.5 Å². The van der Waals surface area contributed by atoms with E-state index in [-0.39, 0.29) is 22.8 Å². The van der Waals surface area contributed by atoms with Gasteiger partial charge in [-0.25, -0.2) is 0 Å². The van der Waals surface area contributed by atoms with Crippen molar-refractivity contribution in [2.45, 2.75) is 19.8 Å². The summed E-state index contributed by atoms with van der Waals surface area (Å²) in [5, 5.41) is 0. The van der Waals surface area contributed by atoms with E-state index in [0.717, 1.165) is 17.1 Å². The van der Waals surface area contributed by atoms with E-state index in [1.165, 1.54) is 23.5 Å². The van der Waals surface area contributed by atoms with Crippen LogP contribution in [0.5, 0.6) is 0 Å². The first-order chi connectivity index (χ1) is 10.0. The molecule has 108 valence electrons. The summed E-state index contributed by atoms with van der Waals surface area (Å²) in [7, 11) is 0. The average molecular weight is 318 g/mol. The van der Waals surface area contributed by atoms with Crippen LogP contribution in [0.4, 0.5) is 0 Å². The maximum atomic E-state index is 12.6. The Morgan fingerprint density at radius 1 is 0.905 bits per heavy atom. The molecular weight excluding hydrogens is 304 g/mol. The number of benzene rings is 1. The summed E-state index contributed by atoms with van der Waals surface area (Å²) in [6.07, 6.45) is 0. The highest BCUT2D eigenvalue weighted by Gasteiger charge is 2.38. The van der Waals surface area contributed by atoms with Gasteiger partial charge in [0.15, 0.2) is 5.78 Å². The fourth-order valence-corrected chi connectivity index (χ4v) is 4.95. The number of hydrogen-bond acceptors (Lipinski definition) is 5. The predicted molar refractivity (Wildman–Crippen MR) is 86.1 cm³/mol. The Morgan fingerprint density at radius 2 is 1.57 bits per heavy atom. The van der Waals surface area contributed by atoms with Gasteiger partial charge in [-0.2, -0.15) is 0 Å². The van der Waals surface area contributed by atoms with Gasteiger partial charge in [0.25, 0.3) is 0 Å². The van der Waals surface area contributed by atoms with E-state index in [2.05, 4.69) is 0 Å². The Bertz CT molecular complexity index is 693. The lowest BCUT2D eigenvalue weighted by atomic mass is 9.83. The molecule has 1 heterocycles. The van der Waals surface area contributed by atoms with E-state index in [0.29, 0.717) is 9.80 Å². The molecule has 0 bridgehead atoms. The van der Waals surface area contributed by atoms with Crippen molar-refractivity contribution in [1.82, 2.24) is 0 Å². The SMILES string of the molecule is CC(C)c1ccc2c(c1)C(=O)C(=O)C(=C1SCCS1)C2=O. The molecule has 1 fully saturated rings. The van der Waals surface area contributed by atoms with E-state index in [9.17, 15) is 14.4 Å². The molecule has 1 aromatic carbocycles. The van der Waals surface area contributed by atoms with Crippen LogP contribution in [0.1, 0.15) is 46.0 Å². The molecule has 1 saturated heterocycles. The first-order valence-electron chi connectivity index (χ1n) is 6.78. The highest BCUT2D eigenvalue weighted by Crippen LogP contribution is 2.41. The molecule has 3 rings (SSSR count). The zero-order chi connectivity index (χ0) is 15.1. The maximum Gasteiger partial charge on any atom is 0.239 e. The normalized spacial score (nSPS) is 18.7. The monoisotopic (exact) mass is 318 g/mol. The fraction of sp³-hybridized carbons (Fsp3) is 0.312.